The molecule has 3 nitrogen and oxygen atoms in total. The molecule has 0 unspecified atom stereocenters. The van der Waals surface area contributed by atoms with Crippen molar-refractivity contribution in [1.82, 2.24) is 0 Å². The predicted molar refractivity (Wildman–Crippen MR) is 54.9 cm³/mol. The van der Waals surface area contributed by atoms with Crippen LogP contribution >= 0.6 is 0 Å². The Morgan fingerprint density at radius 1 is 1.33 bits per heavy atom. The summed E-state index contributed by atoms with van der Waals surface area (Å²) in [5.41, 5.74) is 1.42. The molecule has 0 heterocycles. The molecular weight excluding hydrogens is 246 g/mol. The van der Waals surface area contributed by atoms with Crippen molar-refractivity contribution < 1.29 is 34.2 Å². The van der Waals surface area contributed by atoms with Gasteiger partial charge in [-0.1, -0.05) is 19.9 Å². The fraction of sp³-hybridized carbons (Fsp3) is 0.273. The van der Waals surface area contributed by atoms with E-state index in [2.05, 4.69) is 0 Å². The van der Waals surface area contributed by atoms with Crippen molar-refractivity contribution >= 4 is 12.3 Å². The minimum absolute atomic E-state index is 0. The third-order valence-corrected chi connectivity index (χ3v) is 1.64. The Morgan fingerprint density at radius 2 is 1.87 bits per heavy atom. The molecule has 0 amide bonds. The first-order valence-electron chi connectivity index (χ1n) is 4.44. The van der Waals surface area contributed by atoms with E-state index in [9.17, 15) is 9.59 Å². The Balaban J connectivity index is 0. The monoisotopic (exact) mass is 258 g/mol. The number of hydrogen-bond acceptors (Lipinski definition) is 2. The second-order valence-corrected chi connectivity index (χ2v) is 2.49. The molecule has 0 aliphatic carbocycles. The van der Waals surface area contributed by atoms with Gasteiger partial charge in [-0.05, 0) is 24.6 Å². The predicted octanol–water partition coefficient (Wildman–Crippen LogP) is 2.53. The summed E-state index contributed by atoms with van der Waals surface area (Å²) < 4.78 is 0. The maximum absolute atomic E-state index is 10.5. The van der Waals surface area contributed by atoms with Gasteiger partial charge in [0.15, 0.2) is 0 Å². The zero-order valence-corrected chi connectivity index (χ0v) is 12.2. The average molecular weight is 260 g/mol. The van der Waals surface area contributed by atoms with E-state index in [1.54, 1.807) is 6.92 Å². The van der Waals surface area contributed by atoms with Crippen LogP contribution in [0.3, 0.4) is 0 Å². The Labute approximate surface area is 102 Å². The van der Waals surface area contributed by atoms with Gasteiger partial charge in [0.2, 0.25) is 0 Å². The van der Waals surface area contributed by atoms with E-state index in [0.29, 0.717) is 17.4 Å². The minimum Gasteiger partial charge on any atom is -0.478 e. The summed E-state index contributed by atoms with van der Waals surface area (Å²) in [4.78, 5) is 20.8. The van der Waals surface area contributed by atoms with Gasteiger partial charge in [0, 0.05) is 25.0 Å². The van der Waals surface area contributed by atoms with E-state index in [0.717, 1.165) is 0 Å². The number of carbonyl (C=O) groups excluding carboxylic acids is 1. The molecule has 0 saturated heterocycles. The van der Waals surface area contributed by atoms with Gasteiger partial charge in [-0.2, -0.15) is 0 Å². The molecule has 1 aromatic carbocycles. The van der Waals surface area contributed by atoms with Crippen LogP contribution in [0, 0.1) is 6.92 Å². The van der Waals surface area contributed by atoms with E-state index < -0.39 is 5.97 Å². The first-order valence-corrected chi connectivity index (χ1v) is 4.44. The van der Waals surface area contributed by atoms with Crippen molar-refractivity contribution in [2.45, 2.75) is 20.8 Å². The van der Waals surface area contributed by atoms with Gasteiger partial charge in [0.1, 0.15) is 6.29 Å². The van der Waals surface area contributed by atoms with Crippen molar-refractivity contribution in [2.24, 2.45) is 0 Å². The summed E-state index contributed by atoms with van der Waals surface area (Å²) in [5.74, 6) is -0.976. The van der Waals surface area contributed by atoms with Gasteiger partial charge in [-0.15, -0.1) is 0 Å². The molecule has 1 rings (SSSR count). The molecule has 0 aliphatic rings. The van der Waals surface area contributed by atoms with Gasteiger partial charge in [-0.3, -0.25) is 4.79 Å². The molecule has 0 aliphatic heterocycles. The summed E-state index contributed by atoms with van der Waals surface area (Å²) in [6.07, 6.45) is 0.709. The third kappa shape index (κ3) is 4.84. The zero-order chi connectivity index (χ0) is 11.1. The molecule has 0 radical (unpaired) electrons. The summed E-state index contributed by atoms with van der Waals surface area (Å²) in [5, 5.41) is 8.58. The van der Waals surface area contributed by atoms with Gasteiger partial charge < -0.3 is 5.11 Å². The van der Waals surface area contributed by atoms with Crippen LogP contribution in [-0.2, 0) is 19.5 Å². The Morgan fingerprint density at radius 3 is 2.20 bits per heavy atom. The number of rotatable bonds is 2. The molecule has 15 heavy (non-hydrogen) atoms. The van der Waals surface area contributed by atoms with Crippen LogP contribution in [0.15, 0.2) is 18.2 Å². The Kier molecular flexibility index (Phi) is 9.09. The molecule has 0 aromatic heterocycles. The topological polar surface area (TPSA) is 54.4 Å². The summed E-state index contributed by atoms with van der Waals surface area (Å²) in [6, 6.07) is 4.40. The van der Waals surface area contributed by atoms with E-state index in [4.69, 9.17) is 5.11 Å². The number of benzene rings is 1. The number of hydrogen-bond donors (Lipinski definition) is 1. The first kappa shape index (κ1) is 16.4. The minimum atomic E-state index is -0.976. The number of aromatic carboxylic acids is 1. The zero-order valence-electron chi connectivity index (χ0n) is 9.28. The molecule has 0 atom stereocenters. The van der Waals surface area contributed by atoms with E-state index in [1.165, 1.54) is 18.2 Å². The van der Waals surface area contributed by atoms with E-state index >= 15 is 0 Å². The fourth-order valence-electron chi connectivity index (χ4n) is 0.941. The standard InChI is InChI=1S/C9H8O3.C2H6.Zn/c1-6-4-7(9(11)12)2-3-8(6)5-10;1-2;/h2-5H,1H3,(H,11,12);1-2H3;. The van der Waals surface area contributed by atoms with Crippen LogP contribution in [0.25, 0.3) is 0 Å². The molecule has 0 saturated carbocycles. The Bertz CT molecular complexity index is 335. The second-order valence-electron chi connectivity index (χ2n) is 2.49. The van der Waals surface area contributed by atoms with Crippen molar-refractivity contribution in [3.63, 3.8) is 0 Å². The van der Waals surface area contributed by atoms with Crippen molar-refractivity contribution in [3.8, 4) is 0 Å². The van der Waals surface area contributed by atoms with Gasteiger partial charge in [0.05, 0.1) is 5.56 Å². The molecule has 0 bridgehead atoms. The summed E-state index contributed by atoms with van der Waals surface area (Å²) in [6.45, 7) is 5.70. The largest absolute Gasteiger partial charge is 0.478 e. The van der Waals surface area contributed by atoms with Crippen LogP contribution in [0.4, 0.5) is 0 Å². The van der Waals surface area contributed by atoms with E-state index in [1.807, 2.05) is 13.8 Å². The maximum Gasteiger partial charge on any atom is 0.335 e. The molecule has 1 aromatic rings. The Hall–Kier alpha value is -1.02. The number of carbonyl (C=O) groups is 2. The first-order chi connectivity index (χ1) is 6.65. The molecule has 4 heteroatoms. The van der Waals surface area contributed by atoms with Crippen LogP contribution in [-0.4, -0.2) is 17.4 Å². The van der Waals surface area contributed by atoms with Crippen molar-refractivity contribution in [2.75, 3.05) is 0 Å². The van der Waals surface area contributed by atoms with E-state index in [-0.39, 0.29) is 25.0 Å². The SMILES string of the molecule is CC.Cc1cc(C(=O)O)ccc1C=O.[Zn]. The van der Waals surface area contributed by atoms with Crippen LogP contribution < -0.4 is 0 Å². The number of carboxylic acids is 1. The average Bonchev–Trinajstić information content (AvgIpc) is 2.20. The molecular formula is C11H14O3Zn. The smallest absolute Gasteiger partial charge is 0.335 e. The number of aryl methyl sites for hydroxylation is 1. The summed E-state index contributed by atoms with van der Waals surface area (Å²) >= 11 is 0. The van der Waals surface area contributed by atoms with Crippen molar-refractivity contribution in [3.05, 3.63) is 34.9 Å². The fourth-order valence-corrected chi connectivity index (χ4v) is 0.941. The van der Waals surface area contributed by atoms with Gasteiger partial charge in [-0.25, -0.2) is 4.79 Å². The van der Waals surface area contributed by atoms with Crippen molar-refractivity contribution in [1.29, 1.82) is 0 Å². The molecule has 78 valence electrons. The molecule has 0 fully saturated rings. The third-order valence-electron chi connectivity index (χ3n) is 1.64. The van der Waals surface area contributed by atoms with Gasteiger partial charge in [0.25, 0.3) is 0 Å². The number of aldehydes is 1. The van der Waals surface area contributed by atoms with Crippen LogP contribution in [0.1, 0.15) is 40.1 Å². The maximum atomic E-state index is 10.5. The van der Waals surface area contributed by atoms with Crippen LogP contribution in [0.2, 0.25) is 0 Å². The number of carboxylic acid groups (broad SMARTS) is 1. The molecule has 1 N–H and O–H groups in total. The van der Waals surface area contributed by atoms with Gasteiger partial charge >= 0.3 is 5.97 Å². The van der Waals surface area contributed by atoms with Crippen LogP contribution in [0.5, 0.6) is 0 Å². The normalized spacial score (nSPS) is 7.93. The quantitative estimate of drug-likeness (QED) is 0.656. The summed E-state index contributed by atoms with van der Waals surface area (Å²) in [7, 11) is 0. The molecule has 0 spiro atoms. The second kappa shape index (κ2) is 8.30.